The van der Waals surface area contributed by atoms with Crippen molar-refractivity contribution >= 4 is 0 Å². The van der Waals surface area contributed by atoms with Crippen molar-refractivity contribution in [3.05, 3.63) is 77.1 Å². The maximum absolute atomic E-state index is 12.3. The topological polar surface area (TPSA) is 108 Å². The van der Waals surface area contributed by atoms with Gasteiger partial charge in [-0.2, -0.15) is 10.2 Å². The standard InChI is InChI=1S/C22H22N6O3/c1-27-15-18(11-25-27)20-6-7-21(30)28(26-20)14-16-4-2-5-17(10-16)22-23-12-19(13-24-22)31-9-3-8-29/h2,4-7,10-13,15,29H,3,8-9,14H2,1H3. The van der Waals surface area contributed by atoms with Gasteiger partial charge in [0.1, 0.15) is 0 Å². The fourth-order valence-corrected chi connectivity index (χ4v) is 3.05. The molecule has 4 rings (SSSR count). The summed E-state index contributed by atoms with van der Waals surface area (Å²) in [5.74, 6) is 1.11. The van der Waals surface area contributed by atoms with Crippen molar-refractivity contribution in [3.63, 3.8) is 0 Å². The highest BCUT2D eigenvalue weighted by atomic mass is 16.5. The SMILES string of the molecule is Cn1cc(-c2ccc(=O)n(Cc3cccc(-c4ncc(OCCCO)cn4)c3)n2)cn1. The molecule has 0 amide bonds. The monoisotopic (exact) mass is 418 g/mol. The van der Waals surface area contributed by atoms with Crippen LogP contribution in [0.15, 0.2) is 66.0 Å². The number of aliphatic hydroxyl groups is 1. The second-order valence-corrected chi connectivity index (χ2v) is 6.99. The van der Waals surface area contributed by atoms with Gasteiger partial charge < -0.3 is 9.84 Å². The molecule has 0 aliphatic heterocycles. The summed E-state index contributed by atoms with van der Waals surface area (Å²) in [5.41, 5.74) is 3.08. The van der Waals surface area contributed by atoms with E-state index in [1.54, 1.807) is 29.3 Å². The zero-order chi connectivity index (χ0) is 21.6. The van der Waals surface area contributed by atoms with Gasteiger partial charge in [-0.1, -0.05) is 18.2 Å². The molecular formula is C22H22N6O3. The van der Waals surface area contributed by atoms with E-state index in [1.807, 2.05) is 37.5 Å². The number of benzene rings is 1. The van der Waals surface area contributed by atoms with Gasteiger partial charge in [0.15, 0.2) is 11.6 Å². The lowest BCUT2D eigenvalue weighted by Gasteiger charge is -2.08. The van der Waals surface area contributed by atoms with Crippen molar-refractivity contribution in [1.29, 1.82) is 0 Å². The predicted octanol–water partition coefficient (Wildman–Crippen LogP) is 1.91. The molecule has 9 heteroatoms. The lowest BCUT2D eigenvalue weighted by atomic mass is 10.1. The van der Waals surface area contributed by atoms with Crippen molar-refractivity contribution in [1.82, 2.24) is 29.5 Å². The van der Waals surface area contributed by atoms with E-state index < -0.39 is 0 Å². The molecule has 1 aromatic carbocycles. The first kappa shape index (κ1) is 20.4. The maximum Gasteiger partial charge on any atom is 0.267 e. The highest BCUT2D eigenvalue weighted by molar-refractivity contribution is 5.57. The van der Waals surface area contributed by atoms with E-state index in [-0.39, 0.29) is 12.2 Å². The van der Waals surface area contributed by atoms with E-state index in [0.29, 0.717) is 36.8 Å². The van der Waals surface area contributed by atoms with Crippen molar-refractivity contribution in [2.75, 3.05) is 13.2 Å². The van der Waals surface area contributed by atoms with Crippen LogP contribution in [0.3, 0.4) is 0 Å². The van der Waals surface area contributed by atoms with Crippen molar-refractivity contribution in [2.24, 2.45) is 7.05 Å². The van der Waals surface area contributed by atoms with Crippen LogP contribution in [0.2, 0.25) is 0 Å². The Hall–Kier alpha value is -3.85. The molecule has 0 unspecified atom stereocenters. The van der Waals surface area contributed by atoms with Gasteiger partial charge in [0, 0.05) is 43.5 Å². The van der Waals surface area contributed by atoms with Crippen LogP contribution in [0.5, 0.6) is 5.75 Å². The molecule has 4 aromatic rings. The molecule has 0 spiro atoms. The summed E-state index contributed by atoms with van der Waals surface area (Å²) < 4.78 is 8.59. The largest absolute Gasteiger partial charge is 0.490 e. The number of rotatable bonds is 8. The average molecular weight is 418 g/mol. The first-order valence-electron chi connectivity index (χ1n) is 9.84. The van der Waals surface area contributed by atoms with Gasteiger partial charge >= 0.3 is 0 Å². The van der Waals surface area contributed by atoms with Crippen LogP contribution >= 0.6 is 0 Å². The third kappa shape index (κ3) is 5.01. The van der Waals surface area contributed by atoms with Gasteiger partial charge in [-0.25, -0.2) is 14.6 Å². The molecule has 0 aliphatic carbocycles. The lowest BCUT2D eigenvalue weighted by molar-refractivity contribution is 0.233. The molecule has 1 N–H and O–H groups in total. The first-order valence-corrected chi connectivity index (χ1v) is 9.84. The number of aryl methyl sites for hydroxylation is 1. The minimum atomic E-state index is -0.182. The minimum absolute atomic E-state index is 0.0782. The summed E-state index contributed by atoms with van der Waals surface area (Å²) in [6, 6.07) is 10.9. The molecule has 0 aliphatic rings. The van der Waals surface area contributed by atoms with Crippen LogP contribution in [0.1, 0.15) is 12.0 Å². The number of aliphatic hydroxyl groups excluding tert-OH is 1. The van der Waals surface area contributed by atoms with E-state index >= 15 is 0 Å². The maximum atomic E-state index is 12.3. The zero-order valence-corrected chi connectivity index (χ0v) is 17.0. The van der Waals surface area contributed by atoms with Gasteiger partial charge in [0.25, 0.3) is 5.56 Å². The molecule has 0 radical (unpaired) electrons. The van der Waals surface area contributed by atoms with Gasteiger partial charge in [0.05, 0.1) is 37.4 Å². The molecule has 9 nitrogen and oxygen atoms in total. The third-order valence-electron chi connectivity index (χ3n) is 4.58. The second-order valence-electron chi connectivity index (χ2n) is 6.99. The molecule has 0 atom stereocenters. The summed E-state index contributed by atoms with van der Waals surface area (Å²) in [6.45, 7) is 0.812. The Balaban J connectivity index is 1.53. The van der Waals surface area contributed by atoms with E-state index in [1.165, 1.54) is 10.7 Å². The van der Waals surface area contributed by atoms with Crippen molar-refractivity contribution in [3.8, 4) is 28.4 Å². The van der Waals surface area contributed by atoms with Gasteiger partial charge in [0.2, 0.25) is 0 Å². The Morgan fingerprint density at radius 1 is 1.06 bits per heavy atom. The Morgan fingerprint density at radius 2 is 1.90 bits per heavy atom. The van der Waals surface area contributed by atoms with Crippen LogP contribution in [0.25, 0.3) is 22.6 Å². The molecule has 0 fully saturated rings. The van der Waals surface area contributed by atoms with Crippen molar-refractivity contribution in [2.45, 2.75) is 13.0 Å². The number of nitrogens with zero attached hydrogens (tertiary/aromatic N) is 6. The number of hydrogen-bond acceptors (Lipinski definition) is 7. The Labute approximate surface area is 178 Å². The zero-order valence-electron chi connectivity index (χ0n) is 17.0. The molecule has 3 aromatic heterocycles. The highest BCUT2D eigenvalue weighted by Crippen LogP contribution is 2.19. The lowest BCUT2D eigenvalue weighted by Crippen LogP contribution is -2.22. The van der Waals surface area contributed by atoms with Crippen molar-refractivity contribution < 1.29 is 9.84 Å². The molecule has 31 heavy (non-hydrogen) atoms. The molecular weight excluding hydrogens is 396 g/mol. The van der Waals surface area contributed by atoms with E-state index in [2.05, 4.69) is 20.2 Å². The van der Waals surface area contributed by atoms with E-state index in [9.17, 15) is 4.79 Å². The summed E-state index contributed by atoms with van der Waals surface area (Å²) in [5, 5.41) is 17.5. The van der Waals surface area contributed by atoms with Crippen LogP contribution in [-0.4, -0.2) is 47.8 Å². The fraction of sp³-hybridized carbons (Fsp3) is 0.227. The van der Waals surface area contributed by atoms with E-state index in [0.717, 1.165) is 16.7 Å². The quantitative estimate of drug-likeness (QED) is 0.436. The fourth-order valence-electron chi connectivity index (χ4n) is 3.05. The molecule has 158 valence electrons. The Morgan fingerprint density at radius 3 is 2.65 bits per heavy atom. The first-order chi connectivity index (χ1) is 15.1. The van der Waals surface area contributed by atoms with Crippen LogP contribution in [0.4, 0.5) is 0 Å². The minimum Gasteiger partial charge on any atom is -0.490 e. The smallest absolute Gasteiger partial charge is 0.267 e. The normalized spacial score (nSPS) is 10.9. The van der Waals surface area contributed by atoms with Crippen LogP contribution < -0.4 is 10.3 Å². The summed E-state index contributed by atoms with van der Waals surface area (Å²) in [4.78, 5) is 21.1. The molecule has 0 saturated heterocycles. The summed E-state index contributed by atoms with van der Waals surface area (Å²) >= 11 is 0. The van der Waals surface area contributed by atoms with Gasteiger partial charge in [-0.15, -0.1) is 0 Å². The van der Waals surface area contributed by atoms with Gasteiger partial charge in [-0.05, 0) is 17.7 Å². The summed E-state index contributed by atoms with van der Waals surface area (Å²) in [6.07, 6.45) is 7.34. The number of ether oxygens (including phenoxy) is 1. The van der Waals surface area contributed by atoms with E-state index in [4.69, 9.17) is 9.84 Å². The number of aromatic nitrogens is 6. The Kier molecular flexibility index (Phi) is 6.13. The van der Waals surface area contributed by atoms with Gasteiger partial charge in [-0.3, -0.25) is 9.48 Å². The number of hydrogen-bond donors (Lipinski definition) is 1. The molecule has 3 heterocycles. The van der Waals surface area contributed by atoms with Crippen LogP contribution in [0, 0.1) is 0 Å². The predicted molar refractivity (Wildman–Crippen MR) is 114 cm³/mol. The highest BCUT2D eigenvalue weighted by Gasteiger charge is 2.08. The molecule has 0 bridgehead atoms. The Bertz CT molecular complexity index is 1220. The third-order valence-corrected chi connectivity index (χ3v) is 4.58. The summed E-state index contributed by atoms with van der Waals surface area (Å²) in [7, 11) is 1.83. The second kappa shape index (κ2) is 9.31. The average Bonchev–Trinajstić information content (AvgIpc) is 3.22. The molecule has 0 saturated carbocycles. The van der Waals surface area contributed by atoms with Crippen LogP contribution in [-0.2, 0) is 13.6 Å².